The Kier molecular flexibility index (Phi) is 9.77. The van der Waals surface area contributed by atoms with Crippen molar-refractivity contribution in [3.8, 4) is 0 Å². The van der Waals surface area contributed by atoms with Crippen molar-refractivity contribution >= 4 is 37.3 Å². The van der Waals surface area contributed by atoms with Crippen molar-refractivity contribution in [2.24, 2.45) is 21.8 Å². The van der Waals surface area contributed by atoms with Crippen LogP contribution < -0.4 is 7.16 Å². The summed E-state index contributed by atoms with van der Waals surface area (Å²) in [6.07, 6.45) is 4.89. The zero-order chi connectivity index (χ0) is 26.4. The molecule has 0 spiro atoms. The number of benzene rings is 2. The van der Waals surface area contributed by atoms with Crippen molar-refractivity contribution in [1.29, 1.82) is 0 Å². The van der Waals surface area contributed by atoms with Gasteiger partial charge >= 0.3 is 230 Å². The molecule has 5 heteroatoms. The Labute approximate surface area is 228 Å². The van der Waals surface area contributed by atoms with Crippen LogP contribution in [0.3, 0.4) is 0 Å². The van der Waals surface area contributed by atoms with Gasteiger partial charge in [0, 0.05) is 0 Å². The Morgan fingerprint density at radius 2 is 1.11 bits per heavy atom. The fourth-order valence-corrected chi connectivity index (χ4v) is 22.2. The molecule has 2 aromatic rings. The van der Waals surface area contributed by atoms with E-state index >= 15 is 0 Å². The van der Waals surface area contributed by atoms with Crippen molar-refractivity contribution in [1.82, 2.24) is 0 Å². The maximum absolute atomic E-state index is 6.30. The molecule has 0 N–H and O–H groups in total. The molecule has 2 aliphatic heterocycles. The average molecular weight is 609 g/mol. The molecule has 2 aromatic carbocycles. The van der Waals surface area contributed by atoms with E-state index in [1.165, 1.54) is 52.8 Å². The third-order valence-corrected chi connectivity index (χ3v) is 23.4. The molecule has 2 aliphatic rings. The molecule has 0 radical (unpaired) electrons. The second-order valence-corrected chi connectivity index (χ2v) is 23.6. The number of hydrogen-bond acceptors (Lipinski definition) is 4. The second-order valence-electron chi connectivity index (χ2n) is 11.5. The van der Waals surface area contributed by atoms with E-state index in [4.69, 9.17) is 19.5 Å². The van der Waals surface area contributed by atoms with E-state index in [2.05, 4.69) is 90.1 Å². The van der Waals surface area contributed by atoms with Crippen LogP contribution in [0.1, 0.15) is 78.4 Å². The average Bonchev–Trinajstić information content (AvgIpc) is 3.60. The van der Waals surface area contributed by atoms with Crippen LogP contribution >= 0.6 is 0 Å². The summed E-state index contributed by atoms with van der Waals surface area (Å²) < 4.78 is 18.2. The predicted octanol–water partition coefficient (Wildman–Crippen LogP) is 6.45. The number of ether oxygens (including phenoxy) is 2. The van der Waals surface area contributed by atoms with Crippen molar-refractivity contribution in [3.05, 3.63) is 59.7 Å². The summed E-state index contributed by atoms with van der Waals surface area (Å²) in [5.74, 6) is 2.67. The van der Waals surface area contributed by atoms with Gasteiger partial charge in [0.25, 0.3) is 0 Å². The van der Waals surface area contributed by atoms with Crippen LogP contribution in [-0.4, -0.2) is 55.5 Å². The molecular weight excluding hydrogens is 563 g/mol. The van der Waals surface area contributed by atoms with Crippen LogP contribution in [0.2, 0.25) is 8.87 Å². The minimum absolute atomic E-state index is 0.237. The normalized spacial score (nSPS) is 19.7. The van der Waals surface area contributed by atoms with Gasteiger partial charge in [0.2, 0.25) is 0 Å². The molecule has 2 atom stereocenters. The van der Waals surface area contributed by atoms with E-state index in [1.54, 1.807) is 0 Å². The van der Waals surface area contributed by atoms with E-state index in [1.807, 2.05) is 0 Å². The molecule has 0 fully saturated rings. The molecule has 37 heavy (non-hydrogen) atoms. The summed E-state index contributed by atoms with van der Waals surface area (Å²) in [4.78, 5) is 10.2. The van der Waals surface area contributed by atoms with E-state index in [-0.39, 0.29) is 12.1 Å². The number of unbranched alkanes of at least 4 members (excludes halogenated alkanes) is 2. The summed E-state index contributed by atoms with van der Waals surface area (Å²) in [7, 11) is 0. The summed E-state index contributed by atoms with van der Waals surface area (Å²) in [6, 6.07) is 18.6. The third-order valence-electron chi connectivity index (χ3n) is 8.15. The topological polar surface area (TPSA) is 43.2 Å². The van der Waals surface area contributed by atoms with Gasteiger partial charge in [-0.2, -0.15) is 0 Å². The van der Waals surface area contributed by atoms with Crippen LogP contribution in [0.15, 0.2) is 58.5 Å². The zero-order valence-electron chi connectivity index (χ0n) is 23.8. The van der Waals surface area contributed by atoms with Gasteiger partial charge in [0.1, 0.15) is 0 Å². The van der Waals surface area contributed by atoms with Gasteiger partial charge in [0.15, 0.2) is 0 Å². The van der Waals surface area contributed by atoms with E-state index < -0.39 is 18.4 Å². The van der Waals surface area contributed by atoms with Crippen LogP contribution in [0.5, 0.6) is 0 Å². The Hall–Kier alpha value is -1.82. The third kappa shape index (κ3) is 6.10. The van der Waals surface area contributed by atoms with E-state index in [0.29, 0.717) is 25.0 Å². The molecule has 4 nitrogen and oxygen atoms in total. The van der Waals surface area contributed by atoms with Gasteiger partial charge in [-0.15, -0.1) is 0 Å². The first-order valence-electron chi connectivity index (χ1n) is 14.5. The molecule has 0 bridgehead atoms. The van der Waals surface area contributed by atoms with Crippen LogP contribution in [0.4, 0.5) is 0 Å². The zero-order valence-corrected chi connectivity index (χ0v) is 26.7. The van der Waals surface area contributed by atoms with Crippen molar-refractivity contribution in [2.45, 2.75) is 88.2 Å². The van der Waals surface area contributed by atoms with Crippen molar-refractivity contribution < 1.29 is 9.47 Å². The molecule has 200 valence electrons. The number of nitrogens with zero attached hydrogens (tertiary/aromatic N) is 2. The van der Waals surface area contributed by atoms with Crippen LogP contribution in [0.25, 0.3) is 0 Å². The number of aliphatic imine (C=N–C) groups is 2. The first-order chi connectivity index (χ1) is 17.9. The van der Waals surface area contributed by atoms with Gasteiger partial charge in [-0.25, -0.2) is 0 Å². The molecule has 2 unspecified atom stereocenters. The van der Waals surface area contributed by atoms with E-state index in [0.717, 1.165) is 11.8 Å². The summed E-state index contributed by atoms with van der Waals surface area (Å²) >= 11 is -3.29. The molecule has 0 aromatic heterocycles. The summed E-state index contributed by atoms with van der Waals surface area (Å²) in [5.41, 5.74) is 2.47. The Balaban J connectivity index is 1.92. The monoisotopic (exact) mass is 610 g/mol. The Bertz CT molecular complexity index is 1020. The van der Waals surface area contributed by atoms with Gasteiger partial charge in [-0.3, -0.25) is 0 Å². The van der Waals surface area contributed by atoms with Crippen LogP contribution in [0, 0.1) is 11.8 Å². The van der Waals surface area contributed by atoms with Gasteiger partial charge < -0.3 is 0 Å². The van der Waals surface area contributed by atoms with Gasteiger partial charge in [-0.05, 0) is 0 Å². The second kappa shape index (κ2) is 12.8. The molecule has 0 saturated heterocycles. The number of rotatable bonds is 12. The maximum atomic E-state index is 6.30. The first-order valence-corrected chi connectivity index (χ1v) is 21.4. The molecule has 0 saturated carbocycles. The quantitative estimate of drug-likeness (QED) is 0.260. The standard InChI is InChI=1S/2C12H14NO.2C4H9.Sn/c2*1-9(2)11-8-14-12(13-11)10-6-4-3-5-7-10;2*1-3-4-2;/h2*3-6,9,11H,8H2,1-2H3;2*1,3-4H2,2H3;. The Morgan fingerprint density at radius 3 is 1.46 bits per heavy atom. The summed E-state index contributed by atoms with van der Waals surface area (Å²) in [5, 5.41) is 0. The van der Waals surface area contributed by atoms with Crippen LogP contribution in [-0.2, 0) is 9.47 Å². The fourth-order valence-electron chi connectivity index (χ4n) is 5.70. The molecule has 0 amide bonds. The molecule has 2 heterocycles. The first kappa shape index (κ1) is 28.2. The molecule has 4 rings (SSSR count). The SMILES string of the molecule is CCC[CH2][Sn]([CH2]CCC)([c]1ccccc1C1=NC(C(C)C)CO1)[c]1ccccc1C1=NC(C(C)C)CO1. The molecular formula is C32H46N2O2Sn. The Morgan fingerprint density at radius 1 is 0.703 bits per heavy atom. The summed E-state index contributed by atoms with van der Waals surface area (Å²) in [6.45, 7) is 15.0. The van der Waals surface area contributed by atoms with Gasteiger partial charge in [0.05, 0.1) is 0 Å². The van der Waals surface area contributed by atoms with Gasteiger partial charge in [-0.1, -0.05) is 0 Å². The number of hydrogen-bond donors (Lipinski definition) is 0. The van der Waals surface area contributed by atoms with Crippen molar-refractivity contribution in [3.63, 3.8) is 0 Å². The van der Waals surface area contributed by atoms with E-state index in [9.17, 15) is 0 Å². The minimum atomic E-state index is -3.29. The predicted molar refractivity (Wildman–Crippen MR) is 160 cm³/mol. The molecule has 0 aliphatic carbocycles. The fraction of sp³-hybridized carbons (Fsp3) is 0.562. The van der Waals surface area contributed by atoms with Crippen molar-refractivity contribution in [2.75, 3.05) is 13.2 Å².